The van der Waals surface area contributed by atoms with Crippen molar-refractivity contribution in [2.75, 3.05) is 18.0 Å². The van der Waals surface area contributed by atoms with E-state index in [4.69, 9.17) is 4.74 Å². The van der Waals surface area contributed by atoms with E-state index >= 15 is 0 Å². The molecule has 2 aromatic carbocycles. The van der Waals surface area contributed by atoms with Crippen LogP contribution in [0, 0.1) is 13.8 Å². The zero-order valence-corrected chi connectivity index (χ0v) is 16.5. The lowest BCUT2D eigenvalue weighted by Gasteiger charge is -2.25. The van der Waals surface area contributed by atoms with Crippen LogP contribution in [0.2, 0.25) is 0 Å². The molecule has 1 aliphatic rings. The Morgan fingerprint density at radius 3 is 2.48 bits per heavy atom. The number of nitrogens with one attached hydrogen (secondary N) is 1. The van der Waals surface area contributed by atoms with Crippen molar-refractivity contribution >= 4 is 21.6 Å². The zero-order valence-electron chi connectivity index (χ0n) is 15.7. The maximum Gasteiger partial charge on any atom is 0.268 e. The average molecular weight is 388 g/mol. The van der Waals surface area contributed by atoms with E-state index in [0.717, 1.165) is 28.3 Å². The van der Waals surface area contributed by atoms with Gasteiger partial charge in [0, 0.05) is 6.04 Å². The van der Waals surface area contributed by atoms with Gasteiger partial charge in [-0.1, -0.05) is 18.2 Å². The Morgan fingerprint density at radius 2 is 1.85 bits per heavy atom. The Labute approximate surface area is 160 Å². The highest BCUT2D eigenvalue weighted by Crippen LogP contribution is 2.31. The van der Waals surface area contributed by atoms with E-state index in [1.807, 2.05) is 19.9 Å². The highest BCUT2D eigenvalue weighted by molar-refractivity contribution is 7.93. The number of benzene rings is 2. The number of rotatable bonds is 7. The minimum Gasteiger partial charge on any atom is -0.495 e. The molecule has 3 rings (SSSR count). The Morgan fingerprint density at radius 1 is 1.15 bits per heavy atom. The van der Waals surface area contributed by atoms with Gasteiger partial charge in [-0.3, -0.25) is 9.10 Å². The Bertz CT molecular complexity index is 952. The number of amides is 1. The van der Waals surface area contributed by atoms with Gasteiger partial charge in [-0.25, -0.2) is 8.42 Å². The minimum absolute atomic E-state index is 0.0470. The molecular weight excluding hydrogens is 364 g/mol. The third kappa shape index (κ3) is 4.42. The van der Waals surface area contributed by atoms with Crippen molar-refractivity contribution in [2.24, 2.45) is 0 Å². The summed E-state index contributed by atoms with van der Waals surface area (Å²) in [6.45, 7) is 3.42. The van der Waals surface area contributed by atoms with Crippen LogP contribution in [0.15, 0.2) is 47.4 Å². The summed E-state index contributed by atoms with van der Waals surface area (Å²) in [5, 5.41) is 2.86. The van der Waals surface area contributed by atoms with Gasteiger partial charge >= 0.3 is 0 Å². The van der Waals surface area contributed by atoms with E-state index in [2.05, 4.69) is 5.32 Å². The third-order valence-corrected chi connectivity index (χ3v) is 6.20. The molecule has 0 aromatic heterocycles. The molecule has 0 bridgehead atoms. The fraction of sp³-hybridized carbons (Fsp3) is 0.350. The van der Waals surface area contributed by atoms with Crippen molar-refractivity contribution in [3.05, 3.63) is 53.6 Å². The van der Waals surface area contributed by atoms with Crippen LogP contribution in [-0.2, 0) is 14.8 Å². The van der Waals surface area contributed by atoms with Gasteiger partial charge in [0.1, 0.15) is 17.2 Å². The number of carbonyl (C=O) groups excluding carboxylic acids is 1. The van der Waals surface area contributed by atoms with Crippen LogP contribution >= 0.6 is 0 Å². The lowest BCUT2D eigenvalue weighted by molar-refractivity contribution is -0.119. The quantitative estimate of drug-likeness (QED) is 0.791. The number of hydrogen-bond donors (Lipinski definition) is 1. The molecule has 6 nitrogen and oxygen atoms in total. The highest BCUT2D eigenvalue weighted by atomic mass is 32.2. The lowest BCUT2D eigenvalue weighted by atomic mass is 10.2. The molecule has 0 atom stereocenters. The fourth-order valence-corrected chi connectivity index (χ4v) is 4.49. The summed E-state index contributed by atoms with van der Waals surface area (Å²) in [6, 6.07) is 12.2. The summed E-state index contributed by atoms with van der Waals surface area (Å²) in [5.41, 5.74) is 2.15. The second-order valence-corrected chi connectivity index (χ2v) is 8.68. The molecule has 0 spiro atoms. The third-order valence-electron chi connectivity index (χ3n) is 4.41. The summed E-state index contributed by atoms with van der Waals surface area (Å²) < 4.78 is 33.4. The second kappa shape index (κ2) is 7.60. The number of hydrogen-bond acceptors (Lipinski definition) is 4. The van der Waals surface area contributed by atoms with E-state index in [9.17, 15) is 13.2 Å². The Kier molecular flexibility index (Phi) is 5.41. The van der Waals surface area contributed by atoms with E-state index in [0.29, 0.717) is 5.69 Å². The van der Waals surface area contributed by atoms with Crippen molar-refractivity contribution in [3.8, 4) is 5.75 Å². The van der Waals surface area contributed by atoms with Gasteiger partial charge in [0.2, 0.25) is 5.91 Å². The molecule has 2 aromatic rings. The first-order chi connectivity index (χ1) is 12.8. The Hall–Kier alpha value is -2.54. The van der Waals surface area contributed by atoms with Crippen LogP contribution < -0.4 is 14.4 Å². The number of methoxy groups -OCH3 is 1. The van der Waals surface area contributed by atoms with Crippen molar-refractivity contribution in [1.82, 2.24) is 5.32 Å². The zero-order chi connectivity index (χ0) is 19.6. The van der Waals surface area contributed by atoms with Gasteiger partial charge in [-0.05, 0) is 62.1 Å². The number of nitrogens with zero attached hydrogens (tertiary/aromatic N) is 1. The molecule has 1 aliphatic carbocycles. The standard InChI is InChI=1S/C20H24N2O4S/c1-14-5-4-6-17(11-14)22(13-20(23)21-16-8-9-16)27(24,25)19-12-15(2)7-10-18(19)26-3/h4-7,10-12,16H,8-9,13H2,1-3H3,(H,21,23). The van der Waals surface area contributed by atoms with E-state index in [1.165, 1.54) is 7.11 Å². The summed E-state index contributed by atoms with van der Waals surface area (Å²) in [6.07, 6.45) is 1.88. The molecule has 144 valence electrons. The van der Waals surface area contributed by atoms with Crippen LogP contribution in [0.25, 0.3) is 0 Å². The molecule has 0 heterocycles. The van der Waals surface area contributed by atoms with Crippen molar-refractivity contribution in [1.29, 1.82) is 0 Å². The van der Waals surface area contributed by atoms with Gasteiger partial charge in [0.15, 0.2) is 0 Å². The Balaban J connectivity index is 2.05. The normalized spacial score (nSPS) is 13.9. The topological polar surface area (TPSA) is 75.7 Å². The maximum atomic E-state index is 13.5. The van der Waals surface area contributed by atoms with Crippen molar-refractivity contribution in [2.45, 2.75) is 37.6 Å². The first kappa shape index (κ1) is 19.2. The van der Waals surface area contributed by atoms with Crippen LogP contribution in [0.1, 0.15) is 24.0 Å². The molecule has 27 heavy (non-hydrogen) atoms. The monoisotopic (exact) mass is 388 g/mol. The second-order valence-electron chi connectivity index (χ2n) is 6.85. The predicted molar refractivity (Wildman–Crippen MR) is 105 cm³/mol. The van der Waals surface area contributed by atoms with Gasteiger partial charge < -0.3 is 10.1 Å². The SMILES string of the molecule is COc1ccc(C)cc1S(=O)(=O)N(CC(=O)NC1CC1)c1cccc(C)c1. The number of ether oxygens (including phenoxy) is 1. The fourth-order valence-electron chi connectivity index (χ4n) is 2.83. The largest absolute Gasteiger partial charge is 0.495 e. The molecular formula is C20H24N2O4S. The summed E-state index contributed by atoms with van der Waals surface area (Å²) in [5.74, 6) is -0.0601. The molecule has 0 unspecified atom stereocenters. The smallest absolute Gasteiger partial charge is 0.268 e. The van der Waals surface area contributed by atoms with Crippen LogP contribution in [-0.4, -0.2) is 34.0 Å². The molecule has 0 saturated heterocycles. The van der Waals surface area contributed by atoms with Gasteiger partial charge in [0.05, 0.1) is 12.8 Å². The molecule has 1 fully saturated rings. The lowest BCUT2D eigenvalue weighted by Crippen LogP contribution is -2.41. The van der Waals surface area contributed by atoms with Crippen LogP contribution in [0.4, 0.5) is 5.69 Å². The summed E-state index contributed by atoms with van der Waals surface area (Å²) in [7, 11) is -2.57. The van der Waals surface area contributed by atoms with Crippen molar-refractivity contribution in [3.63, 3.8) is 0 Å². The first-order valence-electron chi connectivity index (χ1n) is 8.84. The number of carbonyl (C=O) groups is 1. The minimum atomic E-state index is -4.00. The number of anilines is 1. The van der Waals surface area contributed by atoms with E-state index < -0.39 is 10.0 Å². The molecule has 0 radical (unpaired) electrons. The van der Waals surface area contributed by atoms with Gasteiger partial charge in [0.25, 0.3) is 10.0 Å². The molecule has 0 aliphatic heterocycles. The van der Waals surface area contributed by atoms with E-state index in [-0.39, 0.29) is 29.1 Å². The van der Waals surface area contributed by atoms with Gasteiger partial charge in [-0.15, -0.1) is 0 Å². The van der Waals surface area contributed by atoms with Crippen LogP contribution in [0.5, 0.6) is 5.75 Å². The summed E-state index contributed by atoms with van der Waals surface area (Å²) in [4.78, 5) is 12.5. The first-order valence-corrected chi connectivity index (χ1v) is 10.3. The predicted octanol–water partition coefficient (Wildman–Crippen LogP) is 2.79. The highest BCUT2D eigenvalue weighted by Gasteiger charge is 2.32. The molecule has 1 amide bonds. The molecule has 1 N–H and O–H groups in total. The van der Waals surface area contributed by atoms with E-state index in [1.54, 1.807) is 36.4 Å². The van der Waals surface area contributed by atoms with Crippen molar-refractivity contribution < 1.29 is 17.9 Å². The number of sulfonamides is 1. The number of aryl methyl sites for hydroxylation is 2. The van der Waals surface area contributed by atoms with Crippen LogP contribution in [0.3, 0.4) is 0 Å². The maximum absolute atomic E-state index is 13.5. The average Bonchev–Trinajstić information content (AvgIpc) is 3.43. The molecule has 1 saturated carbocycles. The molecule has 7 heteroatoms. The van der Waals surface area contributed by atoms with Gasteiger partial charge in [-0.2, -0.15) is 0 Å². The summed E-state index contributed by atoms with van der Waals surface area (Å²) >= 11 is 0.